The van der Waals surface area contributed by atoms with Gasteiger partial charge in [-0.1, -0.05) is 42.5 Å². The minimum absolute atomic E-state index is 0.702. The van der Waals surface area contributed by atoms with Gasteiger partial charge in [-0.3, -0.25) is 0 Å². The summed E-state index contributed by atoms with van der Waals surface area (Å²) in [4.78, 5) is 2.06. The Morgan fingerprint density at radius 1 is 1.08 bits per heavy atom. The molecule has 0 spiro atoms. The fraction of sp³-hybridized carbons (Fsp3) is 0.0526. The zero-order chi connectivity index (χ0) is 16.6. The van der Waals surface area contributed by atoms with Crippen LogP contribution in [0.2, 0.25) is 0 Å². The van der Waals surface area contributed by atoms with E-state index in [1.165, 1.54) is 10.4 Å². The molecular weight excluding hydrogens is 334 g/mol. The van der Waals surface area contributed by atoms with Crippen LogP contribution in [0, 0.1) is 0 Å². The first-order chi connectivity index (χ1) is 11.9. The Morgan fingerprint density at radius 3 is 2.71 bits per heavy atom. The lowest BCUT2D eigenvalue weighted by atomic mass is 10.2. The van der Waals surface area contributed by atoms with E-state index < -0.39 is 0 Å². The molecule has 0 atom stereocenters. The molecule has 0 aliphatic rings. The molecular formula is C19H17N3S2. The predicted octanol–water partition coefficient (Wildman–Crippen LogP) is 5.06. The van der Waals surface area contributed by atoms with Gasteiger partial charge in [-0.25, -0.2) is 0 Å². The molecule has 5 heteroatoms. The SMILES string of the molecule is C=CCn1c(-c2ccccc2)cs\c1=N/N=C/C=C/c1cccs1. The number of rotatable bonds is 6. The molecule has 24 heavy (non-hydrogen) atoms. The van der Waals surface area contributed by atoms with Crippen LogP contribution >= 0.6 is 22.7 Å². The van der Waals surface area contributed by atoms with Crippen molar-refractivity contribution in [1.29, 1.82) is 0 Å². The van der Waals surface area contributed by atoms with Crippen molar-refractivity contribution in [3.05, 3.63) is 81.6 Å². The van der Waals surface area contributed by atoms with Crippen LogP contribution in [0.15, 0.2) is 82.2 Å². The molecule has 0 aliphatic carbocycles. The van der Waals surface area contributed by atoms with E-state index in [-0.39, 0.29) is 0 Å². The Balaban J connectivity index is 1.85. The summed E-state index contributed by atoms with van der Waals surface area (Å²) in [5.41, 5.74) is 2.29. The van der Waals surface area contributed by atoms with Crippen molar-refractivity contribution < 1.29 is 0 Å². The molecule has 3 aromatic rings. The highest BCUT2D eigenvalue weighted by Crippen LogP contribution is 2.19. The lowest BCUT2D eigenvalue weighted by Gasteiger charge is -2.05. The molecule has 0 fully saturated rings. The van der Waals surface area contributed by atoms with E-state index in [9.17, 15) is 0 Å². The zero-order valence-electron chi connectivity index (χ0n) is 13.1. The van der Waals surface area contributed by atoms with Crippen molar-refractivity contribution in [2.75, 3.05) is 0 Å². The minimum Gasteiger partial charge on any atom is -0.311 e. The quantitative estimate of drug-likeness (QED) is 0.337. The predicted molar refractivity (Wildman–Crippen MR) is 105 cm³/mol. The summed E-state index contributed by atoms with van der Waals surface area (Å²) in [6.07, 6.45) is 7.50. The summed E-state index contributed by atoms with van der Waals surface area (Å²) in [6, 6.07) is 14.4. The second-order valence-corrected chi connectivity index (χ2v) is 6.72. The Bertz CT molecular complexity index is 898. The highest BCUT2D eigenvalue weighted by Gasteiger charge is 2.06. The molecule has 120 valence electrons. The second-order valence-electron chi connectivity index (χ2n) is 4.91. The molecule has 3 nitrogen and oxygen atoms in total. The number of thiazole rings is 1. The van der Waals surface area contributed by atoms with Gasteiger partial charge < -0.3 is 4.57 Å². The van der Waals surface area contributed by atoms with Gasteiger partial charge in [0.1, 0.15) is 0 Å². The molecule has 1 aromatic carbocycles. The van der Waals surface area contributed by atoms with Gasteiger partial charge >= 0.3 is 0 Å². The number of allylic oxidation sites excluding steroid dienone is 2. The average molecular weight is 352 g/mol. The van der Waals surface area contributed by atoms with Crippen molar-refractivity contribution in [2.45, 2.75) is 6.54 Å². The molecule has 0 saturated carbocycles. The molecule has 0 N–H and O–H groups in total. The fourth-order valence-electron chi connectivity index (χ4n) is 2.20. The van der Waals surface area contributed by atoms with E-state index in [1.807, 2.05) is 42.5 Å². The third-order valence-corrected chi connectivity index (χ3v) is 4.97. The van der Waals surface area contributed by atoms with E-state index >= 15 is 0 Å². The molecule has 0 unspecified atom stereocenters. The van der Waals surface area contributed by atoms with Gasteiger partial charge in [0.05, 0.1) is 5.69 Å². The summed E-state index contributed by atoms with van der Waals surface area (Å²) in [5.74, 6) is 0. The Kier molecular flexibility index (Phi) is 5.71. The highest BCUT2D eigenvalue weighted by molar-refractivity contribution is 7.10. The molecule has 3 rings (SSSR count). The third kappa shape index (κ3) is 4.07. The van der Waals surface area contributed by atoms with Crippen molar-refractivity contribution in [3.8, 4) is 11.3 Å². The second kappa shape index (κ2) is 8.38. The molecule has 0 saturated heterocycles. The first-order valence-electron chi connectivity index (χ1n) is 7.50. The Hall–Kier alpha value is -2.50. The highest BCUT2D eigenvalue weighted by atomic mass is 32.1. The molecule has 0 radical (unpaired) electrons. The number of nitrogens with zero attached hydrogens (tertiary/aromatic N) is 3. The van der Waals surface area contributed by atoms with Gasteiger partial charge in [0, 0.05) is 23.0 Å². The van der Waals surface area contributed by atoms with Gasteiger partial charge in [-0.15, -0.1) is 34.4 Å². The summed E-state index contributed by atoms with van der Waals surface area (Å²) in [7, 11) is 0. The lowest BCUT2D eigenvalue weighted by molar-refractivity contribution is 0.789. The molecule has 2 heterocycles. The number of thiophene rings is 1. The Labute approximate surface area is 149 Å². The maximum atomic E-state index is 4.35. The van der Waals surface area contributed by atoms with E-state index in [0.29, 0.717) is 6.54 Å². The van der Waals surface area contributed by atoms with Crippen LogP contribution in [-0.4, -0.2) is 10.8 Å². The van der Waals surface area contributed by atoms with Crippen LogP contribution in [0.5, 0.6) is 0 Å². The summed E-state index contributed by atoms with van der Waals surface area (Å²) >= 11 is 3.27. The fourth-order valence-corrected chi connectivity index (χ4v) is 3.70. The van der Waals surface area contributed by atoms with Gasteiger partial charge in [0.2, 0.25) is 4.80 Å². The zero-order valence-corrected chi connectivity index (χ0v) is 14.7. The maximum Gasteiger partial charge on any atom is 0.211 e. The van der Waals surface area contributed by atoms with Crippen molar-refractivity contribution in [1.82, 2.24) is 4.57 Å². The van der Waals surface area contributed by atoms with Gasteiger partial charge in [-0.05, 0) is 29.2 Å². The van der Waals surface area contributed by atoms with E-state index in [4.69, 9.17) is 0 Å². The van der Waals surface area contributed by atoms with Gasteiger partial charge in [-0.2, -0.15) is 5.10 Å². The topological polar surface area (TPSA) is 29.6 Å². The van der Waals surface area contributed by atoms with Crippen LogP contribution in [0.4, 0.5) is 0 Å². The van der Waals surface area contributed by atoms with Gasteiger partial charge in [0.15, 0.2) is 0 Å². The molecule has 0 amide bonds. The van der Waals surface area contributed by atoms with E-state index in [1.54, 1.807) is 28.9 Å². The van der Waals surface area contributed by atoms with Crippen molar-refractivity contribution in [3.63, 3.8) is 0 Å². The third-order valence-electron chi connectivity index (χ3n) is 3.28. The average Bonchev–Trinajstić information content (AvgIpc) is 3.26. The van der Waals surface area contributed by atoms with Gasteiger partial charge in [0.25, 0.3) is 0 Å². The van der Waals surface area contributed by atoms with Crippen LogP contribution in [0.1, 0.15) is 4.88 Å². The number of aromatic nitrogens is 1. The minimum atomic E-state index is 0.702. The molecule has 0 bridgehead atoms. The number of benzene rings is 1. The first kappa shape index (κ1) is 16.4. The first-order valence-corrected chi connectivity index (χ1v) is 9.26. The van der Waals surface area contributed by atoms with Crippen molar-refractivity contribution >= 4 is 35.0 Å². The van der Waals surface area contributed by atoms with E-state index in [2.05, 4.69) is 50.3 Å². The van der Waals surface area contributed by atoms with Crippen LogP contribution < -0.4 is 4.80 Å². The maximum absolute atomic E-state index is 4.35. The van der Waals surface area contributed by atoms with E-state index in [0.717, 1.165) is 10.5 Å². The molecule has 0 aliphatic heterocycles. The largest absolute Gasteiger partial charge is 0.311 e. The van der Waals surface area contributed by atoms with Crippen LogP contribution in [0.25, 0.3) is 17.3 Å². The number of hydrogen-bond acceptors (Lipinski definition) is 4. The monoisotopic (exact) mass is 351 g/mol. The van der Waals surface area contributed by atoms with Crippen LogP contribution in [-0.2, 0) is 6.54 Å². The summed E-state index contributed by atoms with van der Waals surface area (Å²) < 4.78 is 2.12. The van der Waals surface area contributed by atoms with Crippen LogP contribution in [0.3, 0.4) is 0 Å². The Morgan fingerprint density at radius 2 is 1.96 bits per heavy atom. The number of hydrogen-bond donors (Lipinski definition) is 0. The molecule has 2 aromatic heterocycles. The lowest BCUT2D eigenvalue weighted by Crippen LogP contribution is -2.14. The summed E-state index contributed by atoms with van der Waals surface area (Å²) in [5, 5.41) is 12.7. The standard InChI is InChI=1S/C19H17N3S2/c1-2-13-22-18(16-8-4-3-5-9-16)15-24-19(22)21-20-12-6-10-17-11-7-14-23-17/h2-12,14-15H,1,13H2/b10-6+,20-12+,21-19-. The smallest absolute Gasteiger partial charge is 0.211 e. The summed E-state index contributed by atoms with van der Waals surface area (Å²) in [6.45, 7) is 4.54. The normalized spacial score (nSPS) is 12.4. The van der Waals surface area contributed by atoms with Crippen molar-refractivity contribution in [2.24, 2.45) is 10.2 Å².